The third kappa shape index (κ3) is 3.92. The van der Waals surface area contributed by atoms with Crippen molar-refractivity contribution < 1.29 is 4.74 Å². The zero-order valence-corrected chi connectivity index (χ0v) is 18.5. The normalized spacial score (nSPS) is 25.1. The largest absolute Gasteiger partial charge is 0.364 e. The maximum absolute atomic E-state index is 12.9. The number of ether oxygens (including phenoxy) is 1. The van der Waals surface area contributed by atoms with Gasteiger partial charge in [-0.2, -0.15) is 5.10 Å². The van der Waals surface area contributed by atoms with Crippen LogP contribution in [0.3, 0.4) is 0 Å². The Morgan fingerprint density at radius 2 is 2.00 bits per heavy atom. The van der Waals surface area contributed by atoms with Crippen molar-refractivity contribution >= 4 is 11.3 Å². The molecule has 30 heavy (non-hydrogen) atoms. The molecule has 2 fully saturated rings. The fourth-order valence-electron chi connectivity index (χ4n) is 5.24. The number of hydrogen-bond acceptors (Lipinski definition) is 6. The molecule has 0 amide bonds. The summed E-state index contributed by atoms with van der Waals surface area (Å²) in [5, 5.41) is 4.54. The van der Waals surface area contributed by atoms with E-state index in [-0.39, 0.29) is 0 Å². The molecule has 8 heteroatoms. The van der Waals surface area contributed by atoms with Crippen molar-refractivity contribution in [2.45, 2.75) is 77.3 Å². The van der Waals surface area contributed by atoms with Gasteiger partial charge in [-0.05, 0) is 44.2 Å². The molecule has 1 saturated carbocycles. The van der Waals surface area contributed by atoms with Crippen molar-refractivity contribution in [1.29, 1.82) is 0 Å². The Hall–Kier alpha value is -1.77. The highest BCUT2D eigenvalue weighted by atomic mass is 32.1. The number of fused-ring (bicyclic) bond motifs is 1. The summed E-state index contributed by atoms with van der Waals surface area (Å²) in [6.07, 6.45) is 6.78. The van der Waals surface area contributed by atoms with Crippen LogP contribution >= 0.6 is 11.3 Å². The van der Waals surface area contributed by atoms with Gasteiger partial charge in [-0.1, -0.05) is 19.3 Å². The minimum absolute atomic E-state index is 0.298. The summed E-state index contributed by atoms with van der Waals surface area (Å²) in [7, 11) is 0. The SMILES string of the molecule is Cc1ccc(CN2CC[C@]3(C2)Cn2c(nn(CC4CCCCC4)c(=O)c2=O)CO3)s1. The van der Waals surface area contributed by atoms with Gasteiger partial charge < -0.3 is 4.74 Å². The smallest absolute Gasteiger partial charge is 0.332 e. The van der Waals surface area contributed by atoms with Crippen LogP contribution in [0, 0.1) is 12.8 Å². The van der Waals surface area contributed by atoms with E-state index in [1.54, 1.807) is 4.57 Å². The Morgan fingerprint density at radius 3 is 2.77 bits per heavy atom. The number of rotatable bonds is 4. The van der Waals surface area contributed by atoms with Crippen LogP contribution in [-0.2, 0) is 31.0 Å². The molecule has 3 aliphatic rings. The van der Waals surface area contributed by atoms with Gasteiger partial charge in [0.15, 0.2) is 5.82 Å². The lowest BCUT2D eigenvalue weighted by atomic mass is 9.89. The van der Waals surface area contributed by atoms with E-state index in [4.69, 9.17) is 4.74 Å². The summed E-state index contributed by atoms with van der Waals surface area (Å²) in [5.41, 5.74) is -1.32. The molecule has 0 N–H and O–H groups in total. The van der Waals surface area contributed by atoms with E-state index in [9.17, 15) is 9.59 Å². The average Bonchev–Trinajstić information content (AvgIpc) is 3.33. The first-order chi connectivity index (χ1) is 14.5. The average molecular weight is 431 g/mol. The molecule has 0 radical (unpaired) electrons. The molecule has 162 valence electrons. The summed E-state index contributed by atoms with van der Waals surface area (Å²) in [6.45, 7) is 6.03. The van der Waals surface area contributed by atoms with Crippen LogP contribution in [0.15, 0.2) is 21.7 Å². The lowest BCUT2D eigenvalue weighted by molar-refractivity contribution is -0.0859. The third-order valence-electron chi connectivity index (χ3n) is 6.89. The number of nitrogens with zero attached hydrogens (tertiary/aromatic N) is 4. The summed E-state index contributed by atoms with van der Waals surface area (Å²) in [6, 6.07) is 4.34. The number of aryl methyl sites for hydroxylation is 1. The van der Waals surface area contributed by atoms with Crippen molar-refractivity contribution in [1.82, 2.24) is 19.2 Å². The predicted molar refractivity (Wildman–Crippen MR) is 116 cm³/mol. The second-order valence-electron chi connectivity index (χ2n) is 9.24. The highest BCUT2D eigenvalue weighted by Crippen LogP contribution is 2.32. The van der Waals surface area contributed by atoms with Gasteiger partial charge in [0.1, 0.15) is 12.2 Å². The molecule has 2 aliphatic heterocycles. The minimum Gasteiger partial charge on any atom is -0.364 e. The standard InChI is InChI=1S/C22H30N4O3S/c1-16-7-8-18(30-16)12-24-10-9-22(14-24)15-25-19(13-29-22)23-26(21(28)20(25)27)11-17-5-3-2-4-6-17/h7-8,17H,2-6,9-15H2,1H3/t22-/m0/s1. The Balaban J connectivity index is 1.32. The monoisotopic (exact) mass is 430 g/mol. The highest BCUT2D eigenvalue weighted by Gasteiger charge is 2.43. The zero-order chi connectivity index (χ0) is 20.7. The Labute approximate surface area is 180 Å². The summed E-state index contributed by atoms with van der Waals surface area (Å²) in [5.74, 6) is 1.04. The van der Waals surface area contributed by atoms with E-state index in [1.165, 1.54) is 33.7 Å². The van der Waals surface area contributed by atoms with E-state index >= 15 is 0 Å². The first-order valence-electron chi connectivity index (χ1n) is 11.1. The van der Waals surface area contributed by atoms with Crippen LogP contribution in [0.5, 0.6) is 0 Å². The quantitative estimate of drug-likeness (QED) is 0.697. The fraction of sp³-hybridized carbons (Fsp3) is 0.682. The maximum Gasteiger partial charge on any atom is 0.332 e. The topological polar surface area (TPSA) is 69.4 Å². The van der Waals surface area contributed by atoms with Crippen LogP contribution in [0.2, 0.25) is 0 Å². The predicted octanol–water partition coefficient (Wildman–Crippen LogP) is 2.53. The molecular formula is C22H30N4O3S. The van der Waals surface area contributed by atoms with Crippen LogP contribution in [0.4, 0.5) is 0 Å². The zero-order valence-electron chi connectivity index (χ0n) is 17.6. The second kappa shape index (κ2) is 8.05. The van der Waals surface area contributed by atoms with Crippen molar-refractivity contribution in [3.8, 4) is 0 Å². The molecule has 4 heterocycles. The third-order valence-corrected chi connectivity index (χ3v) is 7.88. The Kier molecular flexibility index (Phi) is 5.41. The lowest BCUT2D eigenvalue weighted by Crippen LogP contribution is -2.53. The Bertz CT molecular complexity index is 1040. The van der Waals surface area contributed by atoms with Crippen LogP contribution in [0.25, 0.3) is 0 Å². The fourth-order valence-corrected chi connectivity index (χ4v) is 6.17. The number of thiophene rings is 1. The first kappa shape index (κ1) is 20.2. The van der Waals surface area contributed by atoms with Gasteiger partial charge >= 0.3 is 11.1 Å². The molecular weight excluding hydrogens is 400 g/mol. The summed E-state index contributed by atoms with van der Waals surface area (Å²) < 4.78 is 9.28. The lowest BCUT2D eigenvalue weighted by Gasteiger charge is -2.35. The summed E-state index contributed by atoms with van der Waals surface area (Å²) >= 11 is 1.83. The molecule has 2 aromatic heterocycles. The van der Waals surface area contributed by atoms with Crippen molar-refractivity contribution in [2.24, 2.45) is 5.92 Å². The maximum atomic E-state index is 12.9. The number of likely N-dealkylation sites (tertiary alicyclic amines) is 1. The molecule has 0 aromatic carbocycles. The molecule has 0 bridgehead atoms. The van der Waals surface area contributed by atoms with Crippen molar-refractivity contribution in [3.05, 3.63) is 48.4 Å². The molecule has 0 unspecified atom stereocenters. The van der Waals surface area contributed by atoms with Crippen molar-refractivity contribution in [3.63, 3.8) is 0 Å². The van der Waals surface area contributed by atoms with Gasteiger partial charge in [-0.3, -0.25) is 19.1 Å². The molecule has 1 spiro atoms. The minimum atomic E-state index is -0.481. The van der Waals surface area contributed by atoms with Crippen molar-refractivity contribution in [2.75, 3.05) is 13.1 Å². The molecule has 1 atom stereocenters. The van der Waals surface area contributed by atoms with Crippen LogP contribution < -0.4 is 11.1 Å². The van der Waals surface area contributed by atoms with Gasteiger partial charge in [-0.25, -0.2) is 4.68 Å². The first-order valence-corrected chi connectivity index (χ1v) is 12.0. The van der Waals surface area contributed by atoms with Gasteiger partial charge in [0, 0.05) is 35.9 Å². The van der Waals surface area contributed by atoms with Gasteiger partial charge in [0.05, 0.1) is 6.54 Å². The van der Waals surface area contributed by atoms with Gasteiger partial charge in [-0.15, -0.1) is 11.3 Å². The van der Waals surface area contributed by atoms with Crippen LogP contribution in [0.1, 0.15) is 54.1 Å². The van der Waals surface area contributed by atoms with Gasteiger partial charge in [0.2, 0.25) is 0 Å². The molecule has 1 saturated heterocycles. The molecule has 1 aliphatic carbocycles. The summed E-state index contributed by atoms with van der Waals surface area (Å²) in [4.78, 5) is 30.7. The molecule has 5 rings (SSSR count). The van der Waals surface area contributed by atoms with E-state index < -0.39 is 16.7 Å². The Morgan fingerprint density at radius 1 is 1.17 bits per heavy atom. The highest BCUT2D eigenvalue weighted by molar-refractivity contribution is 7.11. The molecule has 7 nitrogen and oxygen atoms in total. The van der Waals surface area contributed by atoms with E-state index in [2.05, 4.69) is 29.1 Å². The number of aromatic nitrogens is 3. The molecule has 2 aromatic rings. The van der Waals surface area contributed by atoms with Gasteiger partial charge in [0.25, 0.3) is 0 Å². The van der Waals surface area contributed by atoms with Crippen LogP contribution in [-0.4, -0.2) is 37.9 Å². The second-order valence-corrected chi connectivity index (χ2v) is 10.6. The number of hydrogen-bond donors (Lipinski definition) is 0. The van der Waals surface area contributed by atoms with E-state index in [0.717, 1.165) is 38.9 Å². The van der Waals surface area contributed by atoms with E-state index in [0.29, 0.717) is 31.4 Å². The van der Waals surface area contributed by atoms with E-state index in [1.807, 2.05) is 11.3 Å².